The summed E-state index contributed by atoms with van der Waals surface area (Å²) in [5.41, 5.74) is 3.72. The zero-order valence-corrected chi connectivity index (χ0v) is 11.1. The summed E-state index contributed by atoms with van der Waals surface area (Å²) in [7, 11) is -1.49. The molecule has 1 aliphatic heterocycles. The second-order valence-electron chi connectivity index (χ2n) is 5.08. The fourth-order valence-electron chi connectivity index (χ4n) is 2.81. The fraction of sp³-hybridized carbons (Fsp3) is 0.125. The molecule has 0 N–H and O–H groups in total. The summed E-state index contributed by atoms with van der Waals surface area (Å²) in [6.07, 6.45) is 5.49. The predicted molar refractivity (Wildman–Crippen MR) is 76.6 cm³/mol. The van der Waals surface area contributed by atoms with E-state index in [-0.39, 0.29) is 0 Å². The van der Waals surface area contributed by atoms with Gasteiger partial charge in [-0.15, -0.1) is 6.42 Å². The number of terminal acetylenes is 1. The maximum atomic E-state index is 5.49. The van der Waals surface area contributed by atoms with Crippen LogP contribution in [0, 0.1) is 12.3 Å². The summed E-state index contributed by atoms with van der Waals surface area (Å²) in [6.45, 7) is 4.82. The highest BCUT2D eigenvalue weighted by molar-refractivity contribution is 7.03. The van der Waals surface area contributed by atoms with Gasteiger partial charge in [0.1, 0.15) is 8.07 Å². The van der Waals surface area contributed by atoms with Gasteiger partial charge < -0.3 is 0 Å². The smallest absolute Gasteiger partial charge is 0.113 e. The third-order valence-electron chi connectivity index (χ3n) is 3.75. The highest BCUT2D eigenvalue weighted by atomic mass is 28.3. The Morgan fingerprint density at radius 2 is 1.65 bits per heavy atom. The lowest BCUT2D eigenvalue weighted by atomic mass is 10.0. The molecule has 0 bridgehead atoms. The van der Waals surface area contributed by atoms with Gasteiger partial charge in [0.15, 0.2) is 0 Å². The molecule has 0 radical (unpaired) electrons. The van der Waals surface area contributed by atoms with Crippen LogP contribution in [0.5, 0.6) is 0 Å². The molecule has 1 heterocycles. The van der Waals surface area contributed by atoms with Gasteiger partial charge in [-0.2, -0.15) is 0 Å². The molecule has 17 heavy (non-hydrogen) atoms. The Morgan fingerprint density at radius 3 is 2.41 bits per heavy atom. The standard InChI is InChI=1S/C16H14Si/c1-4-12-9-10-16-14(11-12)13-7-5-6-8-15(13)17(16,2)3/h1,5-11H,2-3H3. The Bertz CT molecular complexity index is 645. The number of benzene rings is 2. The first kappa shape index (κ1) is 10.4. The van der Waals surface area contributed by atoms with Crippen molar-refractivity contribution < 1.29 is 0 Å². The molecule has 2 aromatic rings. The minimum Gasteiger partial charge on any atom is -0.115 e. The molecule has 82 valence electrons. The summed E-state index contributed by atoms with van der Waals surface area (Å²) in [5, 5.41) is 3.04. The highest BCUT2D eigenvalue weighted by Crippen LogP contribution is 2.28. The van der Waals surface area contributed by atoms with Crippen molar-refractivity contribution in [2.45, 2.75) is 13.1 Å². The van der Waals surface area contributed by atoms with Crippen LogP contribution in [0.25, 0.3) is 11.1 Å². The molecule has 0 unspecified atom stereocenters. The van der Waals surface area contributed by atoms with E-state index in [1.165, 1.54) is 21.5 Å². The van der Waals surface area contributed by atoms with Gasteiger partial charge in [-0.25, -0.2) is 0 Å². The second-order valence-corrected chi connectivity index (χ2v) is 9.40. The van der Waals surface area contributed by atoms with Crippen LogP contribution in [0.4, 0.5) is 0 Å². The maximum Gasteiger partial charge on any atom is 0.113 e. The van der Waals surface area contributed by atoms with Gasteiger partial charge in [-0.3, -0.25) is 0 Å². The van der Waals surface area contributed by atoms with Gasteiger partial charge in [0.2, 0.25) is 0 Å². The lowest BCUT2D eigenvalue weighted by molar-refractivity contribution is 1.66. The van der Waals surface area contributed by atoms with Gasteiger partial charge in [0.05, 0.1) is 0 Å². The summed E-state index contributed by atoms with van der Waals surface area (Å²) >= 11 is 0. The molecule has 0 saturated heterocycles. The van der Waals surface area contributed by atoms with Crippen LogP contribution < -0.4 is 10.4 Å². The molecule has 0 aliphatic carbocycles. The molecule has 2 aromatic carbocycles. The molecular formula is C16H14Si. The van der Waals surface area contributed by atoms with E-state index in [9.17, 15) is 0 Å². The number of hydrogen-bond donors (Lipinski definition) is 0. The van der Waals surface area contributed by atoms with Gasteiger partial charge >= 0.3 is 0 Å². The number of rotatable bonds is 0. The largest absolute Gasteiger partial charge is 0.115 e. The van der Waals surface area contributed by atoms with Gasteiger partial charge in [0.25, 0.3) is 0 Å². The van der Waals surface area contributed by atoms with E-state index in [0.29, 0.717) is 0 Å². The zero-order chi connectivity index (χ0) is 12.0. The van der Waals surface area contributed by atoms with E-state index in [2.05, 4.69) is 61.5 Å². The van der Waals surface area contributed by atoms with E-state index in [1.54, 1.807) is 0 Å². The zero-order valence-electron chi connectivity index (χ0n) is 10.1. The molecule has 1 aliphatic rings. The average molecular weight is 234 g/mol. The molecule has 0 spiro atoms. The van der Waals surface area contributed by atoms with Crippen molar-refractivity contribution in [3.63, 3.8) is 0 Å². The maximum absolute atomic E-state index is 5.49. The van der Waals surface area contributed by atoms with Crippen molar-refractivity contribution >= 4 is 18.4 Å². The van der Waals surface area contributed by atoms with Gasteiger partial charge in [-0.05, 0) is 33.6 Å². The lowest BCUT2D eigenvalue weighted by Crippen LogP contribution is -2.49. The van der Waals surface area contributed by atoms with Crippen LogP contribution in [-0.2, 0) is 0 Å². The Morgan fingerprint density at radius 1 is 0.941 bits per heavy atom. The van der Waals surface area contributed by atoms with Crippen molar-refractivity contribution in [3.8, 4) is 23.5 Å². The van der Waals surface area contributed by atoms with Crippen LogP contribution in [0.15, 0.2) is 42.5 Å². The van der Waals surface area contributed by atoms with Crippen molar-refractivity contribution in [1.29, 1.82) is 0 Å². The molecule has 3 rings (SSSR count). The summed E-state index contributed by atoms with van der Waals surface area (Å²) < 4.78 is 0. The van der Waals surface area contributed by atoms with Crippen LogP contribution in [0.1, 0.15) is 5.56 Å². The molecule has 0 atom stereocenters. The molecule has 0 aromatic heterocycles. The summed E-state index contributed by atoms with van der Waals surface area (Å²) in [6, 6.07) is 15.2. The molecule has 0 saturated carbocycles. The summed E-state index contributed by atoms with van der Waals surface area (Å²) in [5.74, 6) is 2.73. The van der Waals surface area contributed by atoms with Crippen LogP contribution >= 0.6 is 0 Å². The molecule has 0 fully saturated rings. The van der Waals surface area contributed by atoms with Gasteiger partial charge in [0, 0.05) is 5.56 Å². The van der Waals surface area contributed by atoms with E-state index in [4.69, 9.17) is 6.42 Å². The number of fused-ring (bicyclic) bond motifs is 3. The van der Waals surface area contributed by atoms with E-state index < -0.39 is 8.07 Å². The third-order valence-corrected chi connectivity index (χ3v) is 7.32. The first-order chi connectivity index (χ1) is 8.14. The predicted octanol–water partition coefficient (Wildman–Crippen LogP) is 2.47. The normalized spacial score (nSPS) is 14.9. The Labute approximate surface area is 103 Å². The lowest BCUT2D eigenvalue weighted by Gasteiger charge is -2.18. The van der Waals surface area contributed by atoms with Crippen molar-refractivity contribution in [2.24, 2.45) is 0 Å². The van der Waals surface area contributed by atoms with Gasteiger partial charge in [-0.1, -0.05) is 49.3 Å². The SMILES string of the molecule is C#Cc1ccc2c(c1)-c1ccccc1[Si]2(C)C. The topological polar surface area (TPSA) is 0 Å². The van der Waals surface area contributed by atoms with E-state index >= 15 is 0 Å². The Hall–Kier alpha value is -1.78. The van der Waals surface area contributed by atoms with E-state index in [1.807, 2.05) is 0 Å². The van der Waals surface area contributed by atoms with Crippen LogP contribution in [0.2, 0.25) is 13.1 Å². The fourth-order valence-corrected chi connectivity index (χ4v) is 5.88. The monoisotopic (exact) mass is 234 g/mol. The number of hydrogen-bond acceptors (Lipinski definition) is 0. The molecule has 0 amide bonds. The molecule has 1 heteroatoms. The minimum atomic E-state index is -1.49. The van der Waals surface area contributed by atoms with Crippen molar-refractivity contribution in [3.05, 3.63) is 48.0 Å². The Kier molecular flexibility index (Phi) is 2.05. The van der Waals surface area contributed by atoms with Crippen molar-refractivity contribution in [1.82, 2.24) is 0 Å². The van der Waals surface area contributed by atoms with Crippen LogP contribution in [-0.4, -0.2) is 8.07 Å². The van der Waals surface area contributed by atoms with Crippen LogP contribution in [0.3, 0.4) is 0 Å². The third kappa shape index (κ3) is 1.31. The van der Waals surface area contributed by atoms with Crippen molar-refractivity contribution in [2.75, 3.05) is 0 Å². The minimum absolute atomic E-state index is 0.977. The average Bonchev–Trinajstić information content (AvgIpc) is 2.59. The quantitative estimate of drug-likeness (QED) is 0.485. The molecule has 0 nitrogen and oxygen atoms in total. The molecular weight excluding hydrogens is 220 g/mol. The first-order valence-electron chi connectivity index (χ1n) is 5.85. The van der Waals surface area contributed by atoms with E-state index in [0.717, 1.165) is 5.56 Å². The second kappa shape index (κ2) is 3.35. The Balaban J connectivity index is 2.38. The highest BCUT2D eigenvalue weighted by Gasteiger charge is 2.36. The summed E-state index contributed by atoms with van der Waals surface area (Å²) in [4.78, 5) is 0. The first-order valence-corrected chi connectivity index (χ1v) is 8.85.